The highest BCUT2D eigenvalue weighted by Crippen LogP contribution is 2.33. The molecule has 0 unspecified atom stereocenters. The van der Waals surface area contributed by atoms with E-state index in [-0.39, 0.29) is 17.5 Å². The van der Waals surface area contributed by atoms with Crippen LogP contribution >= 0.6 is 0 Å². The highest BCUT2D eigenvalue weighted by molar-refractivity contribution is 5.72. The normalized spacial score (nSPS) is 11.4. The predicted octanol–water partition coefficient (Wildman–Crippen LogP) is 4.81. The summed E-state index contributed by atoms with van der Waals surface area (Å²) in [5.41, 5.74) is 2.91. The van der Waals surface area contributed by atoms with Crippen LogP contribution in [0.1, 0.15) is 12.6 Å². The third-order valence-corrected chi connectivity index (χ3v) is 5.40. The Balaban J connectivity index is 1.54. The van der Waals surface area contributed by atoms with Crippen LogP contribution in [0.2, 0.25) is 0 Å². The van der Waals surface area contributed by atoms with Crippen LogP contribution < -0.4 is 14.5 Å². The summed E-state index contributed by atoms with van der Waals surface area (Å²) in [4.78, 5) is 30.3. The lowest BCUT2D eigenvalue weighted by atomic mass is 10.1. The molecule has 0 aliphatic rings. The van der Waals surface area contributed by atoms with Crippen LogP contribution in [-0.2, 0) is 9.63 Å². The largest absolute Gasteiger partial charge is 0.573 e. The van der Waals surface area contributed by atoms with Crippen LogP contribution in [0.4, 0.5) is 24.8 Å². The number of hydrogen-bond donors (Lipinski definition) is 0. The zero-order chi connectivity index (χ0) is 27.7. The van der Waals surface area contributed by atoms with Crippen LogP contribution in [0.15, 0.2) is 67.3 Å². The van der Waals surface area contributed by atoms with Gasteiger partial charge in [0.2, 0.25) is 0 Å². The van der Waals surface area contributed by atoms with Crippen molar-refractivity contribution in [1.82, 2.24) is 29.1 Å². The first-order valence-corrected chi connectivity index (χ1v) is 11.4. The number of fused-ring (bicyclic) bond motifs is 1. The zero-order valence-electron chi connectivity index (χ0n) is 20.7. The third-order valence-electron chi connectivity index (χ3n) is 5.40. The minimum absolute atomic E-state index is 0.0181. The fourth-order valence-corrected chi connectivity index (χ4v) is 3.81. The molecule has 0 N–H and O–H groups in total. The number of methoxy groups -OCH3 is 1. The number of aryl methyl sites for hydroxylation is 1. The minimum atomic E-state index is -4.80. The van der Waals surface area contributed by atoms with Gasteiger partial charge in [0.25, 0.3) is 11.7 Å². The molecule has 0 spiro atoms. The van der Waals surface area contributed by atoms with E-state index in [2.05, 4.69) is 24.8 Å². The number of rotatable bonds is 7. The average Bonchev–Trinajstić information content (AvgIpc) is 3.52. The molecule has 5 aromatic rings. The van der Waals surface area contributed by atoms with E-state index >= 15 is 0 Å². The molecule has 0 radical (unpaired) electrons. The number of carbonyl (C=O) groups excluding carboxylic acids is 1. The number of alkyl halides is 3. The number of imidazole rings is 1. The van der Waals surface area contributed by atoms with Gasteiger partial charge in [-0.05, 0) is 49.4 Å². The number of halogens is 3. The van der Waals surface area contributed by atoms with Crippen molar-refractivity contribution in [2.75, 3.05) is 12.2 Å². The summed E-state index contributed by atoms with van der Waals surface area (Å²) in [5.74, 6) is -0.385. The van der Waals surface area contributed by atoms with Gasteiger partial charge in [0.15, 0.2) is 0 Å². The Morgan fingerprint density at radius 2 is 1.82 bits per heavy atom. The number of aromatic nitrogens is 6. The van der Waals surface area contributed by atoms with Gasteiger partial charge in [0.1, 0.15) is 11.5 Å². The van der Waals surface area contributed by atoms with Gasteiger partial charge in [-0.1, -0.05) is 0 Å². The summed E-state index contributed by atoms with van der Waals surface area (Å²) in [6, 6.07) is 12.0. The van der Waals surface area contributed by atoms with Crippen molar-refractivity contribution in [2.45, 2.75) is 20.2 Å². The molecular weight excluding hydrogens is 519 g/mol. The van der Waals surface area contributed by atoms with E-state index in [0.717, 1.165) is 10.8 Å². The van der Waals surface area contributed by atoms with E-state index in [1.54, 1.807) is 35.2 Å². The number of carbonyl (C=O) groups is 1. The summed E-state index contributed by atoms with van der Waals surface area (Å²) in [6.07, 6.45) is 0.157. The van der Waals surface area contributed by atoms with Crippen molar-refractivity contribution < 1.29 is 32.3 Å². The maximum Gasteiger partial charge on any atom is 0.573 e. The monoisotopic (exact) mass is 539 g/mol. The molecule has 0 saturated carbocycles. The Morgan fingerprint density at radius 1 is 1.05 bits per heavy atom. The Bertz CT molecular complexity index is 1650. The molecule has 14 heteroatoms. The highest BCUT2D eigenvalue weighted by atomic mass is 19.4. The van der Waals surface area contributed by atoms with Crippen LogP contribution in [0.3, 0.4) is 0 Å². The second kappa shape index (κ2) is 9.96. The van der Waals surface area contributed by atoms with Gasteiger partial charge >= 0.3 is 12.3 Å². The topological polar surface area (TPSA) is 109 Å². The average molecular weight is 539 g/mol. The standard InChI is InChI=1S/C25H20F3N7O4/c1-15-13-33(14-30-15)21-9-6-18(12-22(21)37-3)35(39-16(2)36)24-31-23-29-11-10-20(34(23)32-24)17-4-7-19(8-5-17)38-25(26,27)28/h4-14H,1-3H3. The maximum absolute atomic E-state index is 12.5. The highest BCUT2D eigenvalue weighted by Gasteiger charge is 2.31. The van der Waals surface area contributed by atoms with Crippen molar-refractivity contribution >= 4 is 23.4 Å². The molecule has 0 atom stereocenters. The third kappa shape index (κ3) is 5.44. The van der Waals surface area contributed by atoms with Crippen LogP contribution in [-0.4, -0.2) is 48.6 Å². The molecule has 39 heavy (non-hydrogen) atoms. The van der Waals surface area contributed by atoms with Crippen molar-refractivity contribution in [3.05, 3.63) is 72.9 Å². The summed E-state index contributed by atoms with van der Waals surface area (Å²) in [7, 11) is 1.51. The number of nitrogens with zero attached hydrogens (tertiary/aromatic N) is 7. The van der Waals surface area contributed by atoms with E-state index in [1.807, 2.05) is 13.1 Å². The summed E-state index contributed by atoms with van der Waals surface area (Å²) in [6.45, 7) is 3.10. The van der Waals surface area contributed by atoms with Gasteiger partial charge in [-0.15, -0.1) is 23.3 Å². The first-order chi connectivity index (χ1) is 18.6. The second-order valence-electron chi connectivity index (χ2n) is 8.18. The van der Waals surface area contributed by atoms with Gasteiger partial charge in [0, 0.05) is 30.9 Å². The van der Waals surface area contributed by atoms with E-state index in [1.165, 1.54) is 49.0 Å². The second-order valence-corrected chi connectivity index (χ2v) is 8.18. The SMILES string of the molecule is COc1cc(N(OC(C)=O)c2nc3nccc(-c4ccc(OC(F)(F)F)cc4)n3n2)ccc1-n1cnc(C)c1. The smallest absolute Gasteiger partial charge is 0.494 e. The molecule has 3 heterocycles. The molecule has 0 aliphatic heterocycles. The molecule has 5 rings (SSSR count). The maximum atomic E-state index is 12.5. The zero-order valence-corrected chi connectivity index (χ0v) is 20.7. The van der Waals surface area contributed by atoms with Gasteiger partial charge in [-0.2, -0.15) is 9.50 Å². The molecular formula is C25H20F3N7O4. The molecule has 0 amide bonds. The van der Waals surface area contributed by atoms with E-state index in [0.29, 0.717) is 28.4 Å². The number of hydrogen-bond acceptors (Lipinski definition) is 9. The molecule has 11 nitrogen and oxygen atoms in total. The number of anilines is 2. The first-order valence-electron chi connectivity index (χ1n) is 11.4. The van der Waals surface area contributed by atoms with E-state index < -0.39 is 12.3 Å². The van der Waals surface area contributed by atoms with Crippen LogP contribution in [0, 0.1) is 6.92 Å². The van der Waals surface area contributed by atoms with Crippen LogP contribution in [0.5, 0.6) is 11.5 Å². The lowest BCUT2D eigenvalue weighted by Crippen LogP contribution is -2.22. The minimum Gasteiger partial charge on any atom is -0.494 e. The Labute approximate surface area is 219 Å². The van der Waals surface area contributed by atoms with Gasteiger partial charge < -0.3 is 18.9 Å². The van der Waals surface area contributed by atoms with Crippen molar-refractivity contribution in [3.63, 3.8) is 0 Å². The predicted molar refractivity (Wildman–Crippen MR) is 132 cm³/mol. The van der Waals surface area contributed by atoms with Crippen molar-refractivity contribution in [3.8, 4) is 28.4 Å². The quantitative estimate of drug-likeness (QED) is 0.269. The fourth-order valence-electron chi connectivity index (χ4n) is 3.81. The summed E-state index contributed by atoms with van der Waals surface area (Å²) >= 11 is 0. The Kier molecular flexibility index (Phi) is 6.52. The molecule has 0 saturated heterocycles. The molecule has 0 fully saturated rings. The molecule has 0 aliphatic carbocycles. The van der Waals surface area contributed by atoms with Crippen LogP contribution in [0.25, 0.3) is 22.7 Å². The number of benzene rings is 2. The lowest BCUT2D eigenvalue weighted by molar-refractivity contribution is -0.274. The van der Waals surface area contributed by atoms with E-state index in [4.69, 9.17) is 9.57 Å². The molecule has 2 aromatic carbocycles. The van der Waals surface area contributed by atoms with Gasteiger partial charge in [-0.25, -0.2) is 14.8 Å². The van der Waals surface area contributed by atoms with Gasteiger partial charge in [0.05, 0.1) is 36.2 Å². The summed E-state index contributed by atoms with van der Waals surface area (Å²) in [5, 5.41) is 5.60. The van der Waals surface area contributed by atoms with E-state index in [9.17, 15) is 18.0 Å². The lowest BCUT2D eigenvalue weighted by Gasteiger charge is -2.20. The molecule has 200 valence electrons. The fraction of sp³-hybridized carbons (Fsp3) is 0.160. The number of ether oxygens (including phenoxy) is 2. The first kappa shape index (κ1) is 25.5. The van der Waals surface area contributed by atoms with Crippen molar-refractivity contribution in [1.29, 1.82) is 0 Å². The van der Waals surface area contributed by atoms with Gasteiger partial charge in [-0.3, -0.25) is 0 Å². The Morgan fingerprint density at radius 3 is 2.46 bits per heavy atom. The molecule has 0 bridgehead atoms. The summed E-state index contributed by atoms with van der Waals surface area (Å²) < 4.78 is 50.3. The Hall–Kier alpha value is -5.14. The molecule has 3 aromatic heterocycles. The van der Waals surface area contributed by atoms with Crippen molar-refractivity contribution in [2.24, 2.45) is 0 Å².